The summed E-state index contributed by atoms with van der Waals surface area (Å²) in [5.74, 6) is 0.660. The van der Waals surface area contributed by atoms with E-state index in [1.54, 1.807) is 0 Å². The van der Waals surface area contributed by atoms with Crippen LogP contribution in [-0.4, -0.2) is 11.9 Å². The fourth-order valence-corrected chi connectivity index (χ4v) is 3.13. The molecule has 24 heavy (non-hydrogen) atoms. The highest BCUT2D eigenvalue weighted by Gasteiger charge is 2.33. The van der Waals surface area contributed by atoms with Gasteiger partial charge in [-0.25, -0.2) is 0 Å². The Bertz CT molecular complexity index is 707. The van der Waals surface area contributed by atoms with Crippen LogP contribution in [0.5, 0.6) is 0 Å². The molecule has 2 unspecified atom stereocenters. The molecular weight excluding hydrogens is 296 g/mol. The molecule has 0 aliphatic heterocycles. The van der Waals surface area contributed by atoms with Crippen molar-refractivity contribution in [1.29, 1.82) is 0 Å². The number of amides is 1. The average molecular weight is 322 g/mol. The second-order valence-corrected chi connectivity index (χ2v) is 6.92. The SMILES string of the molecule is Cc1ccc(NC(=O)C(C)NC(c2ccccc2)C2CC2)c(C)c1. The van der Waals surface area contributed by atoms with Crippen molar-refractivity contribution >= 4 is 11.6 Å². The van der Waals surface area contributed by atoms with Crippen LogP contribution in [-0.2, 0) is 4.79 Å². The molecule has 0 radical (unpaired) electrons. The van der Waals surface area contributed by atoms with Crippen molar-refractivity contribution in [1.82, 2.24) is 5.32 Å². The molecule has 3 rings (SSSR count). The molecule has 2 aromatic carbocycles. The Hall–Kier alpha value is -2.13. The number of anilines is 1. The van der Waals surface area contributed by atoms with Crippen LogP contribution in [0.2, 0.25) is 0 Å². The summed E-state index contributed by atoms with van der Waals surface area (Å²) < 4.78 is 0. The molecule has 1 aliphatic carbocycles. The van der Waals surface area contributed by atoms with Crippen LogP contribution in [0.15, 0.2) is 48.5 Å². The van der Waals surface area contributed by atoms with E-state index in [0.717, 1.165) is 11.3 Å². The minimum atomic E-state index is -0.239. The molecule has 126 valence electrons. The zero-order chi connectivity index (χ0) is 17.1. The monoisotopic (exact) mass is 322 g/mol. The molecule has 2 aromatic rings. The number of carbonyl (C=O) groups is 1. The molecule has 2 atom stereocenters. The first kappa shape index (κ1) is 16.7. The van der Waals surface area contributed by atoms with Gasteiger partial charge in [-0.2, -0.15) is 0 Å². The van der Waals surface area contributed by atoms with E-state index >= 15 is 0 Å². The van der Waals surface area contributed by atoms with Crippen molar-refractivity contribution < 1.29 is 4.79 Å². The van der Waals surface area contributed by atoms with E-state index in [0.29, 0.717) is 5.92 Å². The summed E-state index contributed by atoms with van der Waals surface area (Å²) in [6, 6.07) is 16.6. The molecule has 1 fully saturated rings. The number of rotatable bonds is 6. The van der Waals surface area contributed by atoms with Gasteiger partial charge in [-0.1, -0.05) is 48.0 Å². The van der Waals surface area contributed by atoms with E-state index in [-0.39, 0.29) is 18.0 Å². The summed E-state index contributed by atoms with van der Waals surface area (Å²) >= 11 is 0. The normalized spacial score (nSPS) is 16.5. The molecule has 3 heteroatoms. The third-order valence-corrected chi connectivity index (χ3v) is 4.71. The Morgan fingerprint density at radius 2 is 1.79 bits per heavy atom. The Morgan fingerprint density at radius 3 is 2.42 bits per heavy atom. The summed E-state index contributed by atoms with van der Waals surface area (Å²) in [4.78, 5) is 12.6. The lowest BCUT2D eigenvalue weighted by atomic mass is 10.0. The van der Waals surface area contributed by atoms with Gasteiger partial charge in [0.1, 0.15) is 0 Å². The highest BCUT2D eigenvalue weighted by Crippen LogP contribution is 2.41. The van der Waals surface area contributed by atoms with Crippen molar-refractivity contribution in [2.75, 3.05) is 5.32 Å². The van der Waals surface area contributed by atoms with Gasteiger partial charge in [0.2, 0.25) is 5.91 Å². The van der Waals surface area contributed by atoms with E-state index in [1.807, 2.05) is 32.0 Å². The first-order chi connectivity index (χ1) is 11.5. The largest absolute Gasteiger partial charge is 0.324 e. The summed E-state index contributed by atoms with van der Waals surface area (Å²) in [5.41, 5.74) is 4.46. The highest BCUT2D eigenvalue weighted by atomic mass is 16.2. The minimum absolute atomic E-state index is 0.0172. The summed E-state index contributed by atoms with van der Waals surface area (Å²) in [6.07, 6.45) is 2.47. The standard InChI is InChI=1S/C21H26N2O/c1-14-9-12-19(15(2)13-14)23-21(24)16(3)22-20(18-10-11-18)17-7-5-4-6-8-17/h4-9,12-13,16,18,20,22H,10-11H2,1-3H3,(H,23,24). The van der Waals surface area contributed by atoms with Crippen LogP contribution < -0.4 is 10.6 Å². The Labute approximate surface area is 144 Å². The third kappa shape index (κ3) is 4.04. The lowest BCUT2D eigenvalue weighted by molar-refractivity contribution is -0.118. The lowest BCUT2D eigenvalue weighted by Gasteiger charge is -2.23. The van der Waals surface area contributed by atoms with Gasteiger partial charge in [0, 0.05) is 11.7 Å². The molecular formula is C21H26N2O. The van der Waals surface area contributed by atoms with Gasteiger partial charge in [-0.15, -0.1) is 0 Å². The van der Waals surface area contributed by atoms with E-state index < -0.39 is 0 Å². The predicted octanol–water partition coefficient (Wildman–Crippen LogP) is 4.37. The maximum absolute atomic E-state index is 12.6. The van der Waals surface area contributed by atoms with Crippen molar-refractivity contribution in [2.24, 2.45) is 5.92 Å². The van der Waals surface area contributed by atoms with Gasteiger partial charge >= 0.3 is 0 Å². The molecule has 1 saturated carbocycles. The van der Waals surface area contributed by atoms with E-state index in [2.05, 4.69) is 47.9 Å². The Morgan fingerprint density at radius 1 is 1.08 bits per heavy atom. The first-order valence-electron chi connectivity index (χ1n) is 8.73. The van der Waals surface area contributed by atoms with Crippen LogP contribution in [0.3, 0.4) is 0 Å². The fourth-order valence-electron chi connectivity index (χ4n) is 3.13. The molecule has 1 amide bonds. The molecule has 1 aliphatic rings. The van der Waals surface area contributed by atoms with E-state index in [4.69, 9.17) is 0 Å². The molecule has 0 spiro atoms. The fraction of sp³-hybridized carbons (Fsp3) is 0.381. The molecule has 3 nitrogen and oxygen atoms in total. The van der Waals surface area contributed by atoms with Crippen molar-refractivity contribution in [3.63, 3.8) is 0 Å². The number of hydrogen-bond donors (Lipinski definition) is 2. The highest BCUT2D eigenvalue weighted by molar-refractivity contribution is 5.95. The average Bonchev–Trinajstić information content (AvgIpc) is 3.40. The molecule has 0 heterocycles. The van der Waals surface area contributed by atoms with Gasteiger partial charge in [0.25, 0.3) is 0 Å². The second kappa shape index (κ2) is 7.18. The number of benzene rings is 2. The second-order valence-electron chi connectivity index (χ2n) is 6.92. The topological polar surface area (TPSA) is 41.1 Å². The molecule has 0 aromatic heterocycles. The van der Waals surface area contributed by atoms with Gasteiger partial charge in [0.15, 0.2) is 0 Å². The lowest BCUT2D eigenvalue weighted by Crippen LogP contribution is -2.41. The number of carbonyl (C=O) groups excluding carboxylic acids is 1. The van der Waals surface area contributed by atoms with E-state index in [1.165, 1.54) is 24.0 Å². The summed E-state index contributed by atoms with van der Waals surface area (Å²) in [7, 11) is 0. The number of nitrogens with one attached hydrogen (secondary N) is 2. The van der Waals surface area contributed by atoms with Crippen LogP contribution in [0, 0.1) is 19.8 Å². The maximum Gasteiger partial charge on any atom is 0.241 e. The molecule has 0 saturated heterocycles. The van der Waals surface area contributed by atoms with Crippen LogP contribution >= 0.6 is 0 Å². The minimum Gasteiger partial charge on any atom is -0.324 e. The number of hydrogen-bond acceptors (Lipinski definition) is 2. The Kier molecular flexibility index (Phi) is 5.00. The number of aryl methyl sites for hydroxylation is 2. The third-order valence-electron chi connectivity index (χ3n) is 4.71. The smallest absolute Gasteiger partial charge is 0.241 e. The maximum atomic E-state index is 12.6. The molecule has 2 N–H and O–H groups in total. The van der Waals surface area contributed by atoms with Crippen LogP contribution in [0.25, 0.3) is 0 Å². The summed E-state index contributed by atoms with van der Waals surface area (Å²) in [5, 5.41) is 6.59. The van der Waals surface area contributed by atoms with E-state index in [9.17, 15) is 4.79 Å². The first-order valence-corrected chi connectivity index (χ1v) is 8.73. The zero-order valence-corrected chi connectivity index (χ0v) is 14.7. The van der Waals surface area contributed by atoms with Crippen molar-refractivity contribution in [3.8, 4) is 0 Å². The van der Waals surface area contributed by atoms with Crippen molar-refractivity contribution in [3.05, 3.63) is 65.2 Å². The van der Waals surface area contributed by atoms with Gasteiger partial charge in [0.05, 0.1) is 6.04 Å². The zero-order valence-electron chi connectivity index (χ0n) is 14.7. The van der Waals surface area contributed by atoms with Gasteiger partial charge < -0.3 is 5.32 Å². The van der Waals surface area contributed by atoms with Gasteiger partial charge in [-0.05, 0) is 56.7 Å². The summed E-state index contributed by atoms with van der Waals surface area (Å²) in [6.45, 7) is 6.03. The predicted molar refractivity (Wildman–Crippen MR) is 99.1 cm³/mol. The van der Waals surface area contributed by atoms with Crippen molar-refractivity contribution in [2.45, 2.75) is 45.7 Å². The van der Waals surface area contributed by atoms with Gasteiger partial charge in [-0.3, -0.25) is 10.1 Å². The van der Waals surface area contributed by atoms with Crippen LogP contribution in [0.4, 0.5) is 5.69 Å². The van der Waals surface area contributed by atoms with Crippen LogP contribution in [0.1, 0.15) is 42.5 Å². The quantitative estimate of drug-likeness (QED) is 0.829. The molecule has 0 bridgehead atoms. The Balaban J connectivity index is 1.66.